The summed E-state index contributed by atoms with van der Waals surface area (Å²) in [5, 5.41) is 5.35. The van der Waals surface area contributed by atoms with Crippen LogP contribution in [0.2, 0.25) is 0 Å². The Morgan fingerprint density at radius 1 is 1.07 bits per heavy atom. The molecule has 1 fully saturated rings. The summed E-state index contributed by atoms with van der Waals surface area (Å²) in [6, 6.07) is 10.9. The molecule has 1 amide bonds. The number of ether oxygens (including phenoxy) is 1. The largest absolute Gasteiger partial charge is 0.481 e. The van der Waals surface area contributed by atoms with Crippen molar-refractivity contribution < 1.29 is 9.53 Å². The van der Waals surface area contributed by atoms with E-state index in [1.54, 1.807) is 43.5 Å². The van der Waals surface area contributed by atoms with Crippen molar-refractivity contribution in [1.29, 1.82) is 0 Å². The summed E-state index contributed by atoms with van der Waals surface area (Å²) in [5.74, 6) is 0.413. The zero-order valence-electron chi connectivity index (χ0n) is 15.8. The van der Waals surface area contributed by atoms with Crippen molar-refractivity contribution in [2.24, 2.45) is 7.05 Å². The van der Waals surface area contributed by atoms with Crippen molar-refractivity contribution in [3.05, 3.63) is 58.6 Å². The lowest BCUT2D eigenvalue weighted by atomic mass is 10.1. The zero-order valence-corrected chi connectivity index (χ0v) is 15.8. The predicted octanol–water partition coefficient (Wildman–Crippen LogP) is 1.30. The second kappa shape index (κ2) is 7.30. The fourth-order valence-electron chi connectivity index (χ4n) is 3.48. The standard InChI is InChI=1S/C20H21N5O3/c1-23-19(26)16-6-4-3-5-15(16)18(22-23)20(27)25-11-9-24(10-12-25)14-7-8-21-17(13-14)28-2/h3-8,13H,9-12H2,1-2H3. The molecular weight excluding hydrogens is 358 g/mol. The first-order valence-electron chi connectivity index (χ1n) is 9.09. The van der Waals surface area contributed by atoms with Gasteiger partial charge in [-0.1, -0.05) is 18.2 Å². The smallest absolute Gasteiger partial charge is 0.275 e. The highest BCUT2D eigenvalue weighted by atomic mass is 16.5. The average Bonchev–Trinajstić information content (AvgIpc) is 2.76. The molecule has 0 spiro atoms. The molecule has 4 rings (SSSR count). The molecule has 1 aromatic carbocycles. The van der Waals surface area contributed by atoms with Crippen LogP contribution in [0.4, 0.5) is 5.69 Å². The van der Waals surface area contributed by atoms with Crippen molar-refractivity contribution in [3.8, 4) is 5.88 Å². The Morgan fingerprint density at radius 3 is 2.50 bits per heavy atom. The number of piperazine rings is 1. The van der Waals surface area contributed by atoms with Gasteiger partial charge in [0.25, 0.3) is 11.5 Å². The van der Waals surface area contributed by atoms with Gasteiger partial charge in [0.05, 0.1) is 12.5 Å². The van der Waals surface area contributed by atoms with Gasteiger partial charge < -0.3 is 14.5 Å². The lowest BCUT2D eigenvalue weighted by Crippen LogP contribution is -2.49. The Morgan fingerprint density at radius 2 is 1.79 bits per heavy atom. The number of hydrogen-bond acceptors (Lipinski definition) is 6. The van der Waals surface area contributed by atoms with E-state index >= 15 is 0 Å². The molecule has 0 bridgehead atoms. The second-order valence-electron chi connectivity index (χ2n) is 6.66. The SMILES string of the molecule is COc1cc(N2CCN(C(=O)c3nn(C)c(=O)c4ccccc34)CC2)ccn1. The number of benzene rings is 1. The monoisotopic (exact) mass is 379 g/mol. The molecule has 28 heavy (non-hydrogen) atoms. The maximum absolute atomic E-state index is 13.1. The van der Waals surface area contributed by atoms with Crippen molar-refractivity contribution in [1.82, 2.24) is 19.7 Å². The van der Waals surface area contributed by atoms with Crippen LogP contribution in [0.25, 0.3) is 10.8 Å². The van der Waals surface area contributed by atoms with Gasteiger partial charge in [-0.05, 0) is 12.1 Å². The molecule has 3 heterocycles. The number of aryl methyl sites for hydroxylation is 1. The molecule has 0 N–H and O–H groups in total. The molecule has 8 nitrogen and oxygen atoms in total. The van der Waals surface area contributed by atoms with E-state index in [2.05, 4.69) is 15.0 Å². The number of fused-ring (bicyclic) bond motifs is 1. The summed E-state index contributed by atoms with van der Waals surface area (Å²) in [6.45, 7) is 2.54. The molecule has 8 heteroatoms. The predicted molar refractivity (Wildman–Crippen MR) is 106 cm³/mol. The highest BCUT2D eigenvalue weighted by Crippen LogP contribution is 2.21. The molecule has 1 saturated heterocycles. The lowest BCUT2D eigenvalue weighted by Gasteiger charge is -2.36. The van der Waals surface area contributed by atoms with Gasteiger partial charge in [0.2, 0.25) is 5.88 Å². The Bertz CT molecular complexity index is 1090. The Kier molecular flexibility index (Phi) is 4.68. The molecule has 1 aliphatic heterocycles. The van der Waals surface area contributed by atoms with Crippen LogP contribution in [0.5, 0.6) is 5.88 Å². The molecule has 0 aliphatic carbocycles. The number of nitrogens with zero attached hydrogens (tertiary/aromatic N) is 5. The maximum Gasteiger partial charge on any atom is 0.275 e. The van der Waals surface area contributed by atoms with E-state index < -0.39 is 0 Å². The third kappa shape index (κ3) is 3.17. The fourth-order valence-corrected chi connectivity index (χ4v) is 3.48. The molecule has 0 radical (unpaired) electrons. The van der Waals surface area contributed by atoms with E-state index in [1.807, 2.05) is 18.2 Å². The minimum absolute atomic E-state index is 0.154. The number of carbonyl (C=O) groups is 1. The number of methoxy groups -OCH3 is 1. The van der Waals surface area contributed by atoms with E-state index in [4.69, 9.17) is 4.74 Å². The van der Waals surface area contributed by atoms with Crippen LogP contribution in [0, 0.1) is 0 Å². The van der Waals surface area contributed by atoms with Crippen LogP contribution in [-0.2, 0) is 7.05 Å². The summed E-state index contributed by atoms with van der Waals surface area (Å²) < 4.78 is 6.42. The molecular formula is C20H21N5O3. The number of pyridine rings is 1. The van der Waals surface area contributed by atoms with E-state index in [9.17, 15) is 9.59 Å². The van der Waals surface area contributed by atoms with Gasteiger partial charge >= 0.3 is 0 Å². The van der Waals surface area contributed by atoms with Crippen LogP contribution in [0.3, 0.4) is 0 Å². The van der Waals surface area contributed by atoms with Crippen LogP contribution in [-0.4, -0.2) is 58.9 Å². The minimum Gasteiger partial charge on any atom is -0.481 e. The molecule has 2 aromatic heterocycles. The summed E-state index contributed by atoms with van der Waals surface area (Å²) in [7, 11) is 3.16. The van der Waals surface area contributed by atoms with Crippen LogP contribution in [0.15, 0.2) is 47.4 Å². The van der Waals surface area contributed by atoms with E-state index in [0.29, 0.717) is 48.5 Å². The van der Waals surface area contributed by atoms with Gasteiger partial charge in [-0.2, -0.15) is 5.10 Å². The minimum atomic E-state index is -0.205. The number of aromatic nitrogens is 3. The first-order chi connectivity index (χ1) is 13.6. The van der Waals surface area contributed by atoms with Crippen molar-refractivity contribution in [3.63, 3.8) is 0 Å². The number of rotatable bonds is 3. The number of hydrogen-bond donors (Lipinski definition) is 0. The molecule has 0 saturated carbocycles. The summed E-state index contributed by atoms with van der Waals surface area (Å²) in [4.78, 5) is 33.5. The van der Waals surface area contributed by atoms with Gasteiger partial charge in [-0.15, -0.1) is 0 Å². The first kappa shape index (κ1) is 18.0. The Hall–Kier alpha value is -3.42. The third-order valence-corrected chi connectivity index (χ3v) is 5.02. The quantitative estimate of drug-likeness (QED) is 0.682. The highest BCUT2D eigenvalue weighted by molar-refractivity contribution is 6.04. The lowest BCUT2D eigenvalue weighted by molar-refractivity contribution is 0.0740. The van der Waals surface area contributed by atoms with Crippen LogP contribution >= 0.6 is 0 Å². The van der Waals surface area contributed by atoms with Gasteiger partial charge in [0.1, 0.15) is 0 Å². The van der Waals surface area contributed by atoms with Gasteiger partial charge in [-0.25, -0.2) is 9.67 Å². The molecule has 0 atom stereocenters. The molecule has 144 valence electrons. The van der Waals surface area contributed by atoms with Gasteiger partial charge in [0, 0.05) is 56.6 Å². The zero-order chi connectivity index (χ0) is 19.7. The topological polar surface area (TPSA) is 80.6 Å². The Labute approximate surface area is 162 Å². The summed E-state index contributed by atoms with van der Waals surface area (Å²) in [6.07, 6.45) is 1.71. The fraction of sp³-hybridized carbons (Fsp3) is 0.300. The number of carbonyl (C=O) groups excluding carboxylic acids is 1. The van der Waals surface area contributed by atoms with Gasteiger partial charge in [0.15, 0.2) is 5.69 Å². The van der Waals surface area contributed by atoms with Crippen molar-refractivity contribution in [2.45, 2.75) is 0 Å². The van der Waals surface area contributed by atoms with Gasteiger partial charge in [-0.3, -0.25) is 9.59 Å². The number of amides is 1. The molecule has 1 aliphatic rings. The summed E-state index contributed by atoms with van der Waals surface area (Å²) in [5.41, 5.74) is 1.13. The molecule has 3 aromatic rings. The van der Waals surface area contributed by atoms with E-state index in [1.165, 1.54) is 4.68 Å². The first-order valence-corrected chi connectivity index (χ1v) is 9.09. The maximum atomic E-state index is 13.1. The van der Waals surface area contributed by atoms with Crippen LogP contribution in [0.1, 0.15) is 10.5 Å². The second-order valence-corrected chi connectivity index (χ2v) is 6.66. The molecule has 0 unspecified atom stereocenters. The normalized spacial score (nSPS) is 14.4. The van der Waals surface area contributed by atoms with E-state index in [-0.39, 0.29) is 11.5 Å². The van der Waals surface area contributed by atoms with Crippen molar-refractivity contribution in [2.75, 3.05) is 38.2 Å². The summed E-state index contributed by atoms with van der Waals surface area (Å²) >= 11 is 0. The van der Waals surface area contributed by atoms with Crippen molar-refractivity contribution >= 4 is 22.4 Å². The van der Waals surface area contributed by atoms with E-state index in [0.717, 1.165) is 5.69 Å². The average molecular weight is 379 g/mol. The Balaban J connectivity index is 1.56. The van der Waals surface area contributed by atoms with Crippen LogP contribution < -0.4 is 15.2 Å². The highest BCUT2D eigenvalue weighted by Gasteiger charge is 2.25. The third-order valence-electron chi connectivity index (χ3n) is 5.02. The number of anilines is 1.